The van der Waals surface area contributed by atoms with Crippen LogP contribution in [-0.4, -0.2) is 33.7 Å². The molecule has 2 aromatic rings. The Balaban J connectivity index is 1.64. The molecule has 0 bridgehead atoms. The van der Waals surface area contributed by atoms with Crippen LogP contribution >= 0.6 is 0 Å². The molecule has 3 rings (SSSR count). The third kappa shape index (κ3) is 3.67. The van der Waals surface area contributed by atoms with E-state index in [1.165, 1.54) is 37.9 Å². The molecule has 0 atom stereocenters. The minimum absolute atomic E-state index is 0.0955. The predicted molar refractivity (Wildman–Crippen MR) is 96.2 cm³/mol. The van der Waals surface area contributed by atoms with Crippen LogP contribution in [0.5, 0.6) is 0 Å². The highest BCUT2D eigenvalue weighted by Crippen LogP contribution is 2.18. The number of carbonyl (C=O) groups excluding carboxylic acids is 1. The van der Waals surface area contributed by atoms with Crippen molar-refractivity contribution < 1.29 is 4.79 Å². The monoisotopic (exact) mass is 326 g/mol. The molecule has 0 unspecified atom stereocenters. The van der Waals surface area contributed by atoms with E-state index >= 15 is 0 Å². The molecule has 1 aliphatic heterocycles. The summed E-state index contributed by atoms with van der Waals surface area (Å²) in [4.78, 5) is 15.0. The van der Waals surface area contributed by atoms with Gasteiger partial charge >= 0.3 is 0 Å². The predicted octanol–water partition coefficient (Wildman–Crippen LogP) is 3.28. The quantitative estimate of drug-likeness (QED) is 0.938. The van der Waals surface area contributed by atoms with Gasteiger partial charge in [-0.25, -0.2) is 0 Å². The van der Waals surface area contributed by atoms with Crippen molar-refractivity contribution in [3.63, 3.8) is 0 Å². The van der Waals surface area contributed by atoms with E-state index in [4.69, 9.17) is 0 Å². The molecule has 1 N–H and O–H groups in total. The molecular formula is C19H26N4O. The first kappa shape index (κ1) is 16.7. The smallest absolute Gasteiger partial charge is 0.259 e. The number of piperidine rings is 1. The lowest BCUT2D eigenvalue weighted by Crippen LogP contribution is -2.29. The van der Waals surface area contributed by atoms with E-state index in [9.17, 15) is 4.79 Å². The summed E-state index contributed by atoms with van der Waals surface area (Å²) in [6, 6.07) is 8.18. The summed E-state index contributed by atoms with van der Waals surface area (Å²) < 4.78 is 1.74. The summed E-state index contributed by atoms with van der Waals surface area (Å²) in [6.45, 7) is 7.16. The van der Waals surface area contributed by atoms with Crippen LogP contribution in [0.15, 0.2) is 24.3 Å². The molecule has 0 aliphatic carbocycles. The van der Waals surface area contributed by atoms with Crippen LogP contribution in [0.4, 0.5) is 5.69 Å². The Labute approximate surface area is 143 Å². The molecule has 1 saturated heterocycles. The number of hydrogen-bond acceptors (Lipinski definition) is 3. The number of hydrogen-bond donors (Lipinski definition) is 1. The Morgan fingerprint density at radius 2 is 1.79 bits per heavy atom. The molecule has 0 saturated carbocycles. The van der Waals surface area contributed by atoms with Crippen molar-refractivity contribution in [2.45, 2.75) is 39.7 Å². The molecule has 1 aromatic carbocycles. The van der Waals surface area contributed by atoms with Gasteiger partial charge in [0.1, 0.15) is 0 Å². The highest BCUT2D eigenvalue weighted by Gasteiger charge is 2.17. The summed E-state index contributed by atoms with van der Waals surface area (Å²) in [5.74, 6) is -0.0955. The van der Waals surface area contributed by atoms with Crippen molar-refractivity contribution in [1.82, 2.24) is 14.7 Å². The Kier molecular flexibility index (Phi) is 5.00. The van der Waals surface area contributed by atoms with E-state index < -0.39 is 0 Å². The Hall–Kier alpha value is -2.14. The van der Waals surface area contributed by atoms with E-state index in [-0.39, 0.29) is 5.91 Å². The Bertz CT molecular complexity index is 712. The average Bonchev–Trinajstić information content (AvgIpc) is 2.83. The zero-order chi connectivity index (χ0) is 17.1. The topological polar surface area (TPSA) is 50.2 Å². The van der Waals surface area contributed by atoms with Crippen LogP contribution in [0.1, 0.15) is 46.6 Å². The summed E-state index contributed by atoms with van der Waals surface area (Å²) in [5, 5.41) is 7.28. The number of anilines is 1. The molecule has 24 heavy (non-hydrogen) atoms. The maximum atomic E-state index is 12.5. The molecule has 1 amide bonds. The number of carbonyl (C=O) groups is 1. The fraction of sp³-hybridized carbons (Fsp3) is 0.474. The number of benzene rings is 1. The molecule has 0 spiro atoms. The van der Waals surface area contributed by atoms with Gasteiger partial charge in [0.05, 0.1) is 11.3 Å². The van der Waals surface area contributed by atoms with Crippen molar-refractivity contribution in [3.05, 3.63) is 46.8 Å². The molecule has 2 heterocycles. The lowest BCUT2D eigenvalue weighted by Gasteiger charge is -2.26. The van der Waals surface area contributed by atoms with E-state index in [0.29, 0.717) is 5.56 Å². The zero-order valence-electron chi connectivity index (χ0n) is 14.8. The van der Waals surface area contributed by atoms with Gasteiger partial charge < -0.3 is 5.32 Å². The highest BCUT2D eigenvalue weighted by molar-refractivity contribution is 6.05. The third-order valence-electron chi connectivity index (χ3n) is 4.80. The summed E-state index contributed by atoms with van der Waals surface area (Å²) >= 11 is 0. The minimum atomic E-state index is -0.0955. The molecule has 5 nitrogen and oxygen atoms in total. The number of amides is 1. The van der Waals surface area contributed by atoms with Gasteiger partial charge in [0.15, 0.2) is 0 Å². The highest BCUT2D eigenvalue weighted by atomic mass is 16.1. The first-order valence-corrected chi connectivity index (χ1v) is 8.67. The molecule has 1 aliphatic rings. The number of aromatic nitrogens is 2. The maximum absolute atomic E-state index is 12.5. The van der Waals surface area contributed by atoms with Gasteiger partial charge in [-0.3, -0.25) is 14.4 Å². The first-order valence-electron chi connectivity index (χ1n) is 8.67. The lowest BCUT2D eigenvalue weighted by atomic mass is 10.1. The third-order valence-corrected chi connectivity index (χ3v) is 4.80. The second-order valence-corrected chi connectivity index (χ2v) is 6.66. The molecule has 5 heteroatoms. The fourth-order valence-corrected chi connectivity index (χ4v) is 3.37. The molecule has 128 valence electrons. The number of nitrogens with one attached hydrogen (secondary N) is 1. The van der Waals surface area contributed by atoms with Gasteiger partial charge in [0, 0.05) is 25.0 Å². The molecule has 0 radical (unpaired) electrons. The zero-order valence-corrected chi connectivity index (χ0v) is 14.8. The number of likely N-dealkylation sites (tertiary alicyclic amines) is 1. The van der Waals surface area contributed by atoms with Crippen LogP contribution in [0.25, 0.3) is 0 Å². The number of nitrogens with zero attached hydrogens (tertiary/aromatic N) is 3. The maximum Gasteiger partial charge on any atom is 0.259 e. The molecular weight excluding hydrogens is 300 g/mol. The summed E-state index contributed by atoms with van der Waals surface area (Å²) in [7, 11) is 1.86. The van der Waals surface area contributed by atoms with Gasteiger partial charge in [-0.05, 0) is 57.5 Å². The largest absolute Gasteiger partial charge is 0.322 e. The standard InChI is InChI=1S/C19H26N4O/c1-14-18(15(2)22(3)21-14)19(24)20-17-9-7-16(8-10-17)13-23-11-5-4-6-12-23/h7-10H,4-6,11-13H2,1-3H3,(H,20,24). The summed E-state index contributed by atoms with van der Waals surface area (Å²) in [5.41, 5.74) is 4.42. The van der Waals surface area contributed by atoms with E-state index in [2.05, 4.69) is 27.4 Å². The van der Waals surface area contributed by atoms with Crippen LogP contribution in [0, 0.1) is 13.8 Å². The van der Waals surface area contributed by atoms with Gasteiger partial charge in [0.25, 0.3) is 5.91 Å². The van der Waals surface area contributed by atoms with Gasteiger partial charge in [0.2, 0.25) is 0 Å². The molecule has 1 fully saturated rings. The molecule has 1 aromatic heterocycles. The van der Waals surface area contributed by atoms with Gasteiger partial charge in [-0.1, -0.05) is 18.6 Å². The van der Waals surface area contributed by atoms with E-state index in [1.54, 1.807) is 4.68 Å². The second kappa shape index (κ2) is 7.18. The SMILES string of the molecule is Cc1nn(C)c(C)c1C(=O)Nc1ccc(CN2CCCCC2)cc1. The number of rotatable bonds is 4. The van der Waals surface area contributed by atoms with Crippen molar-refractivity contribution >= 4 is 11.6 Å². The summed E-state index contributed by atoms with van der Waals surface area (Å²) in [6.07, 6.45) is 3.96. The van der Waals surface area contributed by atoms with E-state index in [1.807, 2.05) is 33.0 Å². The Morgan fingerprint density at radius 3 is 2.38 bits per heavy atom. The van der Waals surface area contributed by atoms with Crippen LogP contribution in [-0.2, 0) is 13.6 Å². The van der Waals surface area contributed by atoms with Crippen LogP contribution < -0.4 is 5.32 Å². The van der Waals surface area contributed by atoms with Crippen LogP contribution in [0.3, 0.4) is 0 Å². The van der Waals surface area contributed by atoms with Gasteiger partial charge in [-0.2, -0.15) is 5.10 Å². The average molecular weight is 326 g/mol. The van der Waals surface area contributed by atoms with Gasteiger partial charge in [-0.15, -0.1) is 0 Å². The minimum Gasteiger partial charge on any atom is -0.322 e. The first-order chi connectivity index (χ1) is 11.5. The Morgan fingerprint density at radius 1 is 1.12 bits per heavy atom. The normalized spacial score (nSPS) is 15.5. The number of aryl methyl sites for hydroxylation is 2. The van der Waals surface area contributed by atoms with Crippen molar-refractivity contribution in [1.29, 1.82) is 0 Å². The van der Waals surface area contributed by atoms with Crippen LogP contribution in [0.2, 0.25) is 0 Å². The van der Waals surface area contributed by atoms with E-state index in [0.717, 1.165) is 23.6 Å². The second-order valence-electron chi connectivity index (χ2n) is 6.66. The fourth-order valence-electron chi connectivity index (χ4n) is 3.37. The van der Waals surface area contributed by atoms with Crippen molar-refractivity contribution in [3.8, 4) is 0 Å². The van der Waals surface area contributed by atoms with Crippen molar-refractivity contribution in [2.75, 3.05) is 18.4 Å². The lowest BCUT2D eigenvalue weighted by molar-refractivity contribution is 0.102. The van der Waals surface area contributed by atoms with Crippen molar-refractivity contribution in [2.24, 2.45) is 7.05 Å².